The lowest BCUT2D eigenvalue weighted by Gasteiger charge is -2.47. The van der Waals surface area contributed by atoms with Gasteiger partial charge in [0.2, 0.25) is 0 Å². The molecule has 0 saturated carbocycles. The van der Waals surface area contributed by atoms with Gasteiger partial charge in [0.15, 0.2) is 0 Å². The van der Waals surface area contributed by atoms with Crippen LogP contribution in [0.3, 0.4) is 0 Å². The van der Waals surface area contributed by atoms with Crippen LogP contribution in [0, 0.1) is 18.2 Å². The molecule has 0 amide bonds. The van der Waals surface area contributed by atoms with Crippen LogP contribution in [-0.2, 0) is 5.41 Å². The summed E-state index contributed by atoms with van der Waals surface area (Å²) in [7, 11) is 0. The Bertz CT molecular complexity index is 8450. The third kappa shape index (κ3) is 9.15. The van der Waals surface area contributed by atoms with Gasteiger partial charge in [-0.2, -0.15) is 5.26 Å². The minimum absolute atomic E-state index is 0.0453. The van der Waals surface area contributed by atoms with Crippen molar-refractivity contribution in [2.45, 2.75) is 39.0 Å². The predicted octanol–water partition coefficient (Wildman–Crippen LogP) is 28.0. The Labute approximate surface area is 662 Å². The molecule has 111 heavy (non-hydrogen) atoms. The number of hydrogen-bond acceptors (Lipinski definition) is 5. The number of aromatic nitrogens is 3. The standard InChI is InChI=1S/C103H68N6O2/c1-61-52-80(65-45-48-75-73-31-13-20-42-95(73)110-97(75)56-65)101(94(53-61)107-85-38-17-10-28-70(85)71-29-11-18-39-86(71)107)108-89-51-46-64(63-24-6-5-7-25-63)55-82(89)98-79-49-47-66(103(2,3)4)57-91(79)109(93-59-67(58-92(108)99(93)98)105-83-36-15-8-26-68(83)69-27-9-16-37-84(69)105)100-76(78-35-22-34-77-74-32-14-21-43-96(74)111-102(77)78)33-23-41-90(100)106-87-40-19-12-30-72(87)81-54-62(60-104)44-50-88(81)106/h5-59,98H,1-4H3/i1D3,5D,6D,7D,8D,9D,15D,16D,24D,25D,26D,27D,36D,37D. The number of hydrogen-bond donors (Lipinski definition) is 0. The van der Waals surface area contributed by atoms with Gasteiger partial charge in [0, 0.05) is 86.1 Å². The number of anilines is 6. The third-order valence-electron chi connectivity index (χ3n) is 22.8. The van der Waals surface area contributed by atoms with Crippen LogP contribution in [0.4, 0.5) is 34.1 Å². The van der Waals surface area contributed by atoms with Gasteiger partial charge < -0.3 is 32.3 Å². The van der Waals surface area contributed by atoms with Gasteiger partial charge in [0.25, 0.3) is 0 Å². The van der Waals surface area contributed by atoms with E-state index in [4.69, 9.17) is 10.2 Å². The average Bonchev–Trinajstić information content (AvgIpc) is 1.56. The Morgan fingerprint density at radius 1 is 0.360 bits per heavy atom. The summed E-state index contributed by atoms with van der Waals surface area (Å²) in [5, 5.41) is 17.0. The van der Waals surface area contributed by atoms with Crippen molar-refractivity contribution >= 4 is 143 Å². The summed E-state index contributed by atoms with van der Waals surface area (Å²) in [5.41, 5.74) is 13.4. The fraction of sp³-hybridized carbons (Fsp3) is 0.0583. The fourth-order valence-electron chi connectivity index (χ4n) is 18.0. The zero-order valence-corrected chi connectivity index (χ0v) is 59.8. The molecule has 0 saturated heterocycles. The van der Waals surface area contributed by atoms with E-state index in [9.17, 15) is 25.8 Å². The number of rotatable bonds is 8. The van der Waals surface area contributed by atoms with Crippen LogP contribution in [0.2, 0.25) is 0 Å². The molecule has 0 fully saturated rings. The lowest BCUT2D eigenvalue weighted by Crippen LogP contribution is -2.31. The minimum Gasteiger partial charge on any atom is -0.456 e. The quantitative estimate of drug-likeness (QED) is 0.152. The fourth-order valence-corrected chi connectivity index (χ4v) is 18.0. The van der Waals surface area contributed by atoms with Crippen molar-refractivity contribution in [1.29, 1.82) is 5.26 Å². The molecule has 0 radical (unpaired) electrons. The number of fused-ring (bicyclic) bond motifs is 19. The van der Waals surface area contributed by atoms with Crippen molar-refractivity contribution in [3.05, 3.63) is 367 Å². The maximum Gasteiger partial charge on any atom is 0.143 e. The van der Waals surface area contributed by atoms with Gasteiger partial charge in [-0.3, -0.25) is 0 Å². The molecule has 522 valence electrons. The summed E-state index contributed by atoms with van der Waals surface area (Å²) in [4.78, 5) is 4.30. The zero-order valence-electron chi connectivity index (χ0n) is 75.8. The highest BCUT2D eigenvalue weighted by Crippen LogP contribution is 2.65. The number of para-hydroxylation sites is 9. The Balaban J connectivity index is 0.978. The Hall–Kier alpha value is -14.4. The second-order valence-electron chi connectivity index (χ2n) is 29.8. The van der Waals surface area contributed by atoms with E-state index in [1.165, 1.54) is 4.57 Å². The molecule has 8 heteroatoms. The molecule has 0 aliphatic carbocycles. The number of benzene rings is 16. The number of nitrogens with zero attached hydrogens (tertiary/aromatic N) is 6. The molecule has 1 atom stereocenters. The highest BCUT2D eigenvalue weighted by molar-refractivity contribution is 6.17. The van der Waals surface area contributed by atoms with E-state index in [0.717, 1.165) is 59.7 Å². The van der Waals surface area contributed by atoms with Crippen LogP contribution in [0.15, 0.2) is 342 Å². The van der Waals surface area contributed by atoms with Crippen molar-refractivity contribution in [3.63, 3.8) is 0 Å². The van der Waals surface area contributed by atoms with Gasteiger partial charge in [-0.15, -0.1) is 0 Å². The van der Waals surface area contributed by atoms with E-state index >= 15 is 0 Å². The van der Waals surface area contributed by atoms with Crippen molar-refractivity contribution in [3.8, 4) is 56.5 Å². The van der Waals surface area contributed by atoms with E-state index in [-0.39, 0.29) is 44.2 Å². The molecular formula is C103H68N6O2. The normalized spacial score (nSPS) is 15.6. The molecule has 5 aromatic heterocycles. The van der Waals surface area contributed by atoms with Crippen molar-refractivity contribution in [2.75, 3.05) is 9.80 Å². The van der Waals surface area contributed by atoms with E-state index in [2.05, 4.69) is 76.1 Å². The van der Waals surface area contributed by atoms with Crippen LogP contribution in [0.1, 0.15) is 82.0 Å². The molecule has 2 aliphatic heterocycles. The first kappa shape index (κ1) is 48.7. The summed E-state index contributed by atoms with van der Waals surface area (Å²) < 4.78 is 175. The zero-order chi connectivity index (χ0) is 87.5. The number of furan rings is 2. The lowest BCUT2D eigenvalue weighted by molar-refractivity contribution is 0.590. The van der Waals surface area contributed by atoms with Gasteiger partial charge >= 0.3 is 0 Å². The Morgan fingerprint density at radius 2 is 0.937 bits per heavy atom. The first-order chi connectivity index (χ1) is 61.2. The summed E-state index contributed by atoms with van der Waals surface area (Å²) in [6.07, 6.45) is 0. The molecule has 7 heterocycles. The Kier molecular flexibility index (Phi) is 10.3. The molecular weight excluding hydrogens is 1350 g/mol. The van der Waals surface area contributed by atoms with Gasteiger partial charge in [0.1, 0.15) is 22.3 Å². The van der Waals surface area contributed by atoms with Gasteiger partial charge in [-0.05, 0) is 172 Å². The van der Waals surface area contributed by atoms with Gasteiger partial charge in [-0.1, -0.05) is 233 Å². The van der Waals surface area contributed by atoms with Crippen molar-refractivity contribution in [1.82, 2.24) is 13.7 Å². The van der Waals surface area contributed by atoms with E-state index in [1.54, 1.807) is 24.3 Å². The molecule has 21 aromatic rings. The first-order valence-corrected chi connectivity index (χ1v) is 36.9. The van der Waals surface area contributed by atoms with E-state index in [1.807, 2.05) is 200 Å². The molecule has 0 N–H and O–H groups in total. The van der Waals surface area contributed by atoms with Gasteiger partial charge in [0.05, 0.1) is 114 Å². The van der Waals surface area contributed by atoms with E-state index in [0.29, 0.717) is 123 Å². The second-order valence-corrected chi connectivity index (χ2v) is 29.8. The van der Waals surface area contributed by atoms with Crippen LogP contribution < -0.4 is 9.80 Å². The van der Waals surface area contributed by atoms with Crippen molar-refractivity contribution in [2.24, 2.45) is 0 Å². The SMILES string of the molecule is [2H]c1c([2H])c([2H])c(-c2ccc3c(c2)C2c4ccc(C(C)(C)C)cc4N(c4c(-c5cccc6c5oc5ccccc56)cccc4-n4c5ccccc5c5cc(C#N)ccc54)c4cc(-n5c6c([2H])c([2H])c([2H])c([2H])c6c6c([2H])c([2H])c([2H])c([2H])c65)cc(c42)N3c2c(-c3ccc4c(c3)oc3ccccc34)cc(C([2H])([2H])[2H])cc2-n2c3ccccc3c3ccccc32)c([2H])c1[2H]. The summed E-state index contributed by atoms with van der Waals surface area (Å²) >= 11 is 0. The molecule has 8 nitrogen and oxygen atoms in total. The number of aryl methyl sites for hydroxylation is 1. The summed E-state index contributed by atoms with van der Waals surface area (Å²) in [5.74, 6) is -0.983. The molecule has 0 spiro atoms. The maximum atomic E-state index is 10.8. The molecule has 2 aliphatic rings. The monoisotopic (exact) mass is 1440 g/mol. The molecule has 23 rings (SSSR count). The highest BCUT2D eigenvalue weighted by Gasteiger charge is 2.45. The Morgan fingerprint density at radius 3 is 1.64 bits per heavy atom. The van der Waals surface area contributed by atoms with Crippen molar-refractivity contribution < 1.29 is 30.8 Å². The topological polar surface area (TPSA) is 71.3 Å². The maximum absolute atomic E-state index is 10.8. The summed E-state index contributed by atoms with van der Waals surface area (Å²) in [6.45, 7) is 3.57. The highest BCUT2D eigenvalue weighted by atomic mass is 16.3. The first-order valence-electron chi connectivity index (χ1n) is 44.9. The third-order valence-corrected chi connectivity index (χ3v) is 22.8. The lowest BCUT2D eigenvalue weighted by atomic mass is 9.73. The van der Waals surface area contributed by atoms with Crippen LogP contribution in [0.5, 0.6) is 0 Å². The van der Waals surface area contributed by atoms with Crippen LogP contribution >= 0.6 is 0 Å². The van der Waals surface area contributed by atoms with Crippen LogP contribution in [-0.4, -0.2) is 13.7 Å². The molecule has 16 aromatic carbocycles. The predicted molar refractivity (Wildman–Crippen MR) is 459 cm³/mol. The van der Waals surface area contributed by atoms with Crippen LogP contribution in [0.25, 0.3) is 160 Å². The van der Waals surface area contributed by atoms with Gasteiger partial charge in [-0.25, -0.2) is 0 Å². The smallest absolute Gasteiger partial charge is 0.143 e. The molecule has 1 unspecified atom stereocenters. The second kappa shape index (κ2) is 23.6. The average molecular weight is 1440 g/mol. The molecule has 0 bridgehead atoms. The minimum atomic E-state index is -2.81. The number of nitriles is 1. The largest absolute Gasteiger partial charge is 0.456 e. The van der Waals surface area contributed by atoms with E-state index < -0.39 is 96.7 Å². The summed E-state index contributed by atoms with van der Waals surface area (Å²) in [6, 6.07) is 77.1.